The summed E-state index contributed by atoms with van der Waals surface area (Å²) in [4.78, 5) is 12.2. The molecule has 112 valence electrons. The van der Waals surface area contributed by atoms with Gasteiger partial charge in [-0.05, 0) is 44.7 Å². The predicted molar refractivity (Wildman–Crippen MR) is 86.5 cm³/mol. The minimum absolute atomic E-state index is 0.108. The van der Waals surface area contributed by atoms with Crippen molar-refractivity contribution in [2.75, 3.05) is 7.05 Å². The second-order valence-corrected chi connectivity index (χ2v) is 7.24. The molecule has 0 bridgehead atoms. The van der Waals surface area contributed by atoms with Crippen LogP contribution in [-0.4, -0.2) is 18.4 Å². The number of rotatable bonds is 6. The van der Waals surface area contributed by atoms with E-state index in [1.807, 2.05) is 19.2 Å². The molecule has 1 aromatic rings. The lowest BCUT2D eigenvalue weighted by Crippen LogP contribution is -2.35. The number of hydrogen-bond donors (Lipinski definition) is 1. The lowest BCUT2D eigenvalue weighted by Gasteiger charge is -2.23. The van der Waals surface area contributed by atoms with Gasteiger partial charge in [-0.25, -0.2) is 0 Å². The molecule has 2 nitrogen and oxygen atoms in total. The maximum absolute atomic E-state index is 12.2. The molecule has 1 N–H and O–H groups in total. The van der Waals surface area contributed by atoms with E-state index in [0.717, 1.165) is 18.4 Å². The molecule has 0 saturated carbocycles. The Bertz CT molecular complexity index is 437. The van der Waals surface area contributed by atoms with Gasteiger partial charge in [-0.15, -0.1) is 0 Å². The van der Waals surface area contributed by atoms with Crippen LogP contribution >= 0.6 is 0 Å². The number of Topliss-reactive ketones (excluding diaryl/α,β-unsaturated/α-hetero) is 1. The van der Waals surface area contributed by atoms with Gasteiger partial charge in [0.2, 0.25) is 0 Å². The van der Waals surface area contributed by atoms with E-state index in [9.17, 15) is 4.79 Å². The summed E-state index contributed by atoms with van der Waals surface area (Å²) in [6.45, 7) is 10.9. The van der Waals surface area contributed by atoms with Crippen LogP contribution in [0.1, 0.15) is 69.8 Å². The number of carbonyl (C=O) groups excluding carboxylic acids is 1. The highest BCUT2D eigenvalue weighted by atomic mass is 16.1. The third-order valence-corrected chi connectivity index (χ3v) is 3.96. The highest BCUT2D eigenvalue weighted by molar-refractivity contribution is 5.96. The molecular weight excluding hydrogens is 246 g/mol. The van der Waals surface area contributed by atoms with Crippen LogP contribution in [-0.2, 0) is 5.41 Å². The second kappa shape index (κ2) is 6.53. The van der Waals surface area contributed by atoms with Crippen LogP contribution < -0.4 is 5.32 Å². The fourth-order valence-electron chi connectivity index (χ4n) is 2.12. The van der Waals surface area contributed by atoms with Crippen molar-refractivity contribution in [3.8, 4) is 0 Å². The number of carbonyl (C=O) groups is 1. The van der Waals surface area contributed by atoms with Crippen molar-refractivity contribution in [3.05, 3.63) is 35.4 Å². The van der Waals surface area contributed by atoms with Crippen LogP contribution in [0.2, 0.25) is 0 Å². The van der Waals surface area contributed by atoms with E-state index in [1.54, 1.807) is 0 Å². The first-order chi connectivity index (χ1) is 9.15. The highest BCUT2D eigenvalue weighted by Gasteiger charge is 2.16. The lowest BCUT2D eigenvalue weighted by atomic mass is 9.86. The van der Waals surface area contributed by atoms with Gasteiger partial charge in [0.15, 0.2) is 5.78 Å². The van der Waals surface area contributed by atoms with Crippen molar-refractivity contribution < 1.29 is 4.79 Å². The summed E-state index contributed by atoms with van der Waals surface area (Å²) in [5.41, 5.74) is 2.35. The number of benzene rings is 1. The molecular formula is C18H29NO. The number of nitrogens with one attached hydrogen (secondary N) is 1. The lowest BCUT2D eigenvalue weighted by molar-refractivity contribution is 0.0977. The summed E-state index contributed by atoms with van der Waals surface area (Å²) in [6.07, 6.45) is 2.56. The molecule has 0 heterocycles. The summed E-state index contributed by atoms with van der Waals surface area (Å²) < 4.78 is 0. The van der Waals surface area contributed by atoms with Gasteiger partial charge < -0.3 is 5.32 Å². The van der Waals surface area contributed by atoms with Gasteiger partial charge >= 0.3 is 0 Å². The van der Waals surface area contributed by atoms with Gasteiger partial charge in [-0.3, -0.25) is 4.79 Å². The maximum atomic E-state index is 12.2. The molecule has 0 aliphatic carbocycles. The van der Waals surface area contributed by atoms with Crippen LogP contribution in [0.25, 0.3) is 0 Å². The minimum Gasteiger partial charge on any atom is -0.315 e. The van der Waals surface area contributed by atoms with E-state index in [4.69, 9.17) is 0 Å². The monoisotopic (exact) mass is 275 g/mol. The summed E-state index contributed by atoms with van der Waals surface area (Å²) in [5.74, 6) is 0.248. The Morgan fingerprint density at radius 2 is 1.60 bits per heavy atom. The van der Waals surface area contributed by atoms with E-state index >= 15 is 0 Å². The average Bonchev–Trinajstić information content (AvgIpc) is 2.37. The summed E-state index contributed by atoms with van der Waals surface area (Å²) in [6, 6.07) is 8.08. The van der Waals surface area contributed by atoms with Crippen LogP contribution in [0.15, 0.2) is 24.3 Å². The molecule has 0 spiro atoms. The normalized spacial score (nSPS) is 12.5. The molecule has 0 radical (unpaired) electrons. The quantitative estimate of drug-likeness (QED) is 0.783. The predicted octanol–water partition coefficient (Wildman–Crippen LogP) is 4.34. The van der Waals surface area contributed by atoms with Crippen LogP contribution in [0.5, 0.6) is 0 Å². The first-order valence-corrected chi connectivity index (χ1v) is 7.48. The maximum Gasteiger partial charge on any atom is 0.162 e. The largest absolute Gasteiger partial charge is 0.315 e. The Morgan fingerprint density at radius 3 is 2.05 bits per heavy atom. The molecule has 0 fully saturated rings. The van der Waals surface area contributed by atoms with Gasteiger partial charge in [-0.1, -0.05) is 45.0 Å². The topological polar surface area (TPSA) is 29.1 Å². The Morgan fingerprint density at radius 1 is 1.05 bits per heavy atom. The SMILES string of the molecule is CNC(C)(C)CCCC(=O)c1ccc(C(C)(C)C)cc1. The van der Waals surface area contributed by atoms with E-state index < -0.39 is 0 Å². The second-order valence-electron chi connectivity index (χ2n) is 7.24. The van der Waals surface area contributed by atoms with Crippen LogP contribution in [0.3, 0.4) is 0 Å². The first kappa shape index (κ1) is 16.9. The number of hydrogen-bond acceptors (Lipinski definition) is 2. The van der Waals surface area contributed by atoms with Crippen LogP contribution in [0.4, 0.5) is 0 Å². The molecule has 0 unspecified atom stereocenters. The van der Waals surface area contributed by atoms with Gasteiger partial charge in [0.05, 0.1) is 0 Å². The molecule has 0 saturated heterocycles. The molecule has 1 rings (SSSR count). The molecule has 2 heteroatoms. The molecule has 0 atom stereocenters. The third-order valence-electron chi connectivity index (χ3n) is 3.96. The van der Waals surface area contributed by atoms with Crippen molar-refractivity contribution >= 4 is 5.78 Å². The van der Waals surface area contributed by atoms with Crippen molar-refractivity contribution in [1.29, 1.82) is 0 Å². The highest BCUT2D eigenvalue weighted by Crippen LogP contribution is 2.23. The van der Waals surface area contributed by atoms with Crippen molar-refractivity contribution in [1.82, 2.24) is 5.32 Å². The fraction of sp³-hybridized carbons (Fsp3) is 0.611. The Balaban J connectivity index is 2.57. The molecule has 1 aromatic carbocycles. The van der Waals surface area contributed by atoms with Gasteiger partial charge in [-0.2, -0.15) is 0 Å². The van der Waals surface area contributed by atoms with Crippen LogP contribution in [0, 0.1) is 0 Å². The van der Waals surface area contributed by atoms with Crippen molar-refractivity contribution in [2.24, 2.45) is 0 Å². The molecule has 0 amide bonds. The molecule has 20 heavy (non-hydrogen) atoms. The Hall–Kier alpha value is -1.15. The zero-order chi connectivity index (χ0) is 15.4. The molecule has 0 aliphatic rings. The Labute approximate surface area is 124 Å². The average molecular weight is 275 g/mol. The van der Waals surface area contributed by atoms with E-state index in [1.165, 1.54) is 5.56 Å². The molecule has 0 aromatic heterocycles. The van der Waals surface area contributed by atoms with E-state index in [2.05, 4.69) is 52.1 Å². The summed E-state index contributed by atoms with van der Waals surface area (Å²) in [7, 11) is 1.97. The smallest absolute Gasteiger partial charge is 0.162 e. The zero-order valence-corrected chi connectivity index (χ0v) is 13.8. The van der Waals surface area contributed by atoms with Gasteiger partial charge in [0.1, 0.15) is 0 Å². The fourth-order valence-corrected chi connectivity index (χ4v) is 2.12. The molecule has 0 aliphatic heterocycles. The standard InChI is InChI=1S/C18H29NO/c1-17(2,3)15-11-9-14(10-12-15)16(20)8-7-13-18(4,5)19-6/h9-12,19H,7-8,13H2,1-6H3. The van der Waals surface area contributed by atoms with E-state index in [0.29, 0.717) is 6.42 Å². The summed E-state index contributed by atoms with van der Waals surface area (Å²) >= 11 is 0. The van der Waals surface area contributed by atoms with Gasteiger partial charge in [0, 0.05) is 17.5 Å². The van der Waals surface area contributed by atoms with Crippen molar-refractivity contribution in [3.63, 3.8) is 0 Å². The summed E-state index contributed by atoms with van der Waals surface area (Å²) in [5, 5.41) is 3.27. The van der Waals surface area contributed by atoms with Gasteiger partial charge in [0.25, 0.3) is 0 Å². The van der Waals surface area contributed by atoms with Crippen molar-refractivity contribution in [2.45, 2.75) is 64.8 Å². The first-order valence-electron chi connectivity index (χ1n) is 7.48. The zero-order valence-electron chi connectivity index (χ0n) is 13.8. The number of ketones is 1. The Kier molecular flexibility index (Phi) is 5.52. The van der Waals surface area contributed by atoms with E-state index in [-0.39, 0.29) is 16.7 Å². The third kappa shape index (κ3) is 5.09. The minimum atomic E-state index is 0.108.